The minimum absolute atomic E-state index is 0.122. The number of aliphatic carboxylic acids is 1. The van der Waals surface area contributed by atoms with E-state index in [0.717, 1.165) is 28.4 Å². The van der Waals surface area contributed by atoms with Crippen molar-refractivity contribution in [3.8, 4) is 5.75 Å². The lowest BCUT2D eigenvalue weighted by atomic mass is 10.1. The molecule has 0 radical (unpaired) electrons. The fourth-order valence-electron chi connectivity index (χ4n) is 2.08. The second-order valence-corrected chi connectivity index (χ2v) is 6.01. The predicted octanol–water partition coefficient (Wildman–Crippen LogP) is 3.50. The Morgan fingerprint density at radius 1 is 1.24 bits per heavy atom. The maximum atomic E-state index is 12.6. The molecule has 1 aromatic heterocycles. The van der Waals surface area contributed by atoms with Crippen molar-refractivity contribution in [2.75, 3.05) is 13.7 Å². The number of carboxylic acids is 1. The van der Waals surface area contributed by atoms with Crippen molar-refractivity contribution in [2.45, 2.75) is 12.7 Å². The number of carbonyl (C=O) groups is 2. The summed E-state index contributed by atoms with van der Waals surface area (Å²) in [4.78, 5) is 24.8. The zero-order valence-electron chi connectivity index (χ0n) is 13.0. The predicted molar refractivity (Wildman–Crippen MR) is 84.7 cm³/mol. The Morgan fingerprint density at radius 3 is 2.36 bits per heavy atom. The van der Waals surface area contributed by atoms with E-state index in [1.165, 1.54) is 25.3 Å². The Bertz CT molecular complexity index is 755. The summed E-state index contributed by atoms with van der Waals surface area (Å²) >= 11 is 1.10. The monoisotopic (exact) mass is 373 g/mol. The maximum absolute atomic E-state index is 12.6. The first-order valence-corrected chi connectivity index (χ1v) is 7.88. The minimum atomic E-state index is -4.46. The smallest absolute Gasteiger partial charge is 0.416 e. The van der Waals surface area contributed by atoms with Gasteiger partial charge in [0, 0.05) is 18.0 Å². The number of nitrogens with zero attached hydrogens (tertiary/aromatic N) is 1. The van der Waals surface area contributed by atoms with Crippen LogP contribution in [0.25, 0.3) is 0 Å². The summed E-state index contributed by atoms with van der Waals surface area (Å²) in [6.07, 6.45) is -4.46. The summed E-state index contributed by atoms with van der Waals surface area (Å²) in [5, 5.41) is 10.6. The summed E-state index contributed by atoms with van der Waals surface area (Å²) < 4.78 is 42.7. The van der Waals surface area contributed by atoms with Gasteiger partial charge < -0.3 is 14.7 Å². The molecule has 0 aliphatic heterocycles. The van der Waals surface area contributed by atoms with Gasteiger partial charge in [0.05, 0.1) is 17.6 Å². The molecule has 9 heteroatoms. The third-order valence-corrected chi connectivity index (χ3v) is 4.19. The molecule has 1 heterocycles. The third kappa shape index (κ3) is 4.96. The van der Waals surface area contributed by atoms with Crippen molar-refractivity contribution >= 4 is 23.2 Å². The van der Waals surface area contributed by atoms with Crippen LogP contribution in [0.5, 0.6) is 5.75 Å². The highest BCUT2D eigenvalue weighted by atomic mass is 32.1. The molecule has 5 nitrogen and oxygen atoms in total. The van der Waals surface area contributed by atoms with Gasteiger partial charge in [-0.2, -0.15) is 13.2 Å². The molecule has 1 N–H and O–H groups in total. The fourth-order valence-corrected chi connectivity index (χ4v) is 2.90. The SMILES string of the molecule is COc1csc(C(=O)N(CC(=O)O)Cc2ccc(C(F)(F)F)cc2)c1. The second-order valence-electron chi connectivity index (χ2n) is 5.10. The number of thiophene rings is 1. The number of amides is 1. The third-order valence-electron chi connectivity index (χ3n) is 3.29. The van der Waals surface area contributed by atoms with Gasteiger partial charge in [0.15, 0.2) is 0 Å². The molecule has 0 fully saturated rings. The number of carboxylic acid groups (broad SMARTS) is 1. The van der Waals surface area contributed by atoms with E-state index >= 15 is 0 Å². The Morgan fingerprint density at radius 2 is 1.88 bits per heavy atom. The highest BCUT2D eigenvalue weighted by Crippen LogP contribution is 2.29. The largest absolute Gasteiger partial charge is 0.496 e. The first kappa shape index (κ1) is 18.8. The number of methoxy groups -OCH3 is 1. The van der Waals surface area contributed by atoms with Crippen LogP contribution in [0.2, 0.25) is 0 Å². The van der Waals surface area contributed by atoms with Gasteiger partial charge >= 0.3 is 12.1 Å². The molecule has 2 rings (SSSR count). The van der Waals surface area contributed by atoms with Crippen LogP contribution < -0.4 is 4.74 Å². The van der Waals surface area contributed by atoms with Gasteiger partial charge in [0.1, 0.15) is 12.3 Å². The lowest BCUT2D eigenvalue weighted by Crippen LogP contribution is -2.34. The maximum Gasteiger partial charge on any atom is 0.416 e. The number of hydrogen-bond acceptors (Lipinski definition) is 4. The summed E-state index contributed by atoms with van der Waals surface area (Å²) in [5.74, 6) is -1.28. The number of alkyl halides is 3. The van der Waals surface area contributed by atoms with E-state index in [9.17, 15) is 22.8 Å². The summed E-state index contributed by atoms with van der Waals surface area (Å²) in [7, 11) is 1.44. The quantitative estimate of drug-likeness (QED) is 0.842. The Balaban J connectivity index is 2.19. The molecule has 25 heavy (non-hydrogen) atoms. The molecule has 1 aromatic carbocycles. The van der Waals surface area contributed by atoms with Gasteiger partial charge in [-0.05, 0) is 17.7 Å². The van der Waals surface area contributed by atoms with Crippen LogP contribution in [0.1, 0.15) is 20.8 Å². The number of carbonyl (C=O) groups excluding carboxylic acids is 1. The van der Waals surface area contributed by atoms with Crippen LogP contribution in [0, 0.1) is 0 Å². The highest BCUT2D eigenvalue weighted by Gasteiger charge is 2.30. The number of ether oxygens (including phenoxy) is 1. The van der Waals surface area contributed by atoms with Crippen molar-refractivity contribution in [2.24, 2.45) is 0 Å². The van der Waals surface area contributed by atoms with Crippen molar-refractivity contribution in [3.63, 3.8) is 0 Å². The lowest BCUT2D eigenvalue weighted by Gasteiger charge is -2.20. The van der Waals surface area contributed by atoms with E-state index in [4.69, 9.17) is 9.84 Å². The number of rotatable bonds is 6. The van der Waals surface area contributed by atoms with Crippen LogP contribution >= 0.6 is 11.3 Å². The van der Waals surface area contributed by atoms with E-state index in [2.05, 4.69) is 0 Å². The molecule has 0 spiro atoms. The van der Waals surface area contributed by atoms with Gasteiger partial charge in [-0.15, -0.1) is 11.3 Å². The molecule has 0 aliphatic rings. The summed E-state index contributed by atoms with van der Waals surface area (Å²) in [6, 6.07) is 5.72. The van der Waals surface area contributed by atoms with Crippen LogP contribution in [0.4, 0.5) is 13.2 Å². The van der Waals surface area contributed by atoms with Crippen LogP contribution in [-0.4, -0.2) is 35.5 Å². The number of benzene rings is 1. The summed E-state index contributed by atoms with van der Waals surface area (Å²) in [5.41, 5.74) is -0.415. The van der Waals surface area contributed by atoms with Crippen LogP contribution in [0.15, 0.2) is 35.7 Å². The normalized spacial score (nSPS) is 11.2. The molecule has 0 aliphatic carbocycles. The van der Waals surface area contributed by atoms with Crippen LogP contribution in [0.3, 0.4) is 0 Å². The standard InChI is InChI=1S/C16H14F3NO4S/c1-24-12-6-13(25-9-12)15(23)20(8-14(21)22)7-10-2-4-11(5-3-10)16(17,18)19/h2-6,9H,7-8H2,1H3,(H,21,22). The molecule has 0 saturated heterocycles. The number of hydrogen-bond donors (Lipinski definition) is 1. The van der Waals surface area contributed by atoms with E-state index in [0.29, 0.717) is 11.3 Å². The first-order valence-electron chi connectivity index (χ1n) is 7.00. The van der Waals surface area contributed by atoms with Crippen LogP contribution in [-0.2, 0) is 17.5 Å². The van der Waals surface area contributed by atoms with Crippen molar-refractivity contribution in [3.05, 3.63) is 51.7 Å². The second kappa shape index (κ2) is 7.56. The molecular formula is C16H14F3NO4S. The van der Waals surface area contributed by atoms with Gasteiger partial charge in [-0.25, -0.2) is 0 Å². The average molecular weight is 373 g/mol. The molecule has 0 atom stereocenters. The molecule has 1 amide bonds. The average Bonchev–Trinajstić information content (AvgIpc) is 3.02. The van der Waals surface area contributed by atoms with Crippen molar-refractivity contribution in [1.29, 1.82) is 0 Å². The van der Waals surface area contributed by atoms with Gasteiger partial charge in [0.2, 0.25) is 0 Å². The van der Waals surface area contributed by atoms with E-state index < -0.39 is 30.2 Å². The molecule has 0 bridgehead atoms. The van der Waals surface area contributed by atoms with Crippen molar-refractivity contribution < 1.29 is 32.6 Å². The highest BCUT2D eigenvalue weighted by molar-refractivity contribution is 7.12. The van der Waals surface area contributed by atoms with E-state index in [1.54, 1.807) is 5.38 Å². The zero-order chi connectivity index (χ0) is 18.6. The van der Waals surface area contributed by atoms with Gasteiger partial charge in [-0.3, -0.25) is 9.59 Å². The molecule has 0 saturated carbocycles. The Labute approximate surface area is 145 Å². The van der Waals surface area contributed by atoms with Gasteiger partial charge in [-0.1, -0.05) is 12.1 Å². The zero-order valence-corrected chi connectivity index (χ0v) is 13.9. The lowest BCUT2D eigenvalue weighted by molar-refractivity contribution is -0.138. The Kier molecular flexibility index (Phi) is 5.68. The minimum Gasteiger partial charge on any atom is -0.496 e. The van der Waals surface area contributed by atoms with E-state index in [1.807, 2.05) is 0 Å². The first-order chi connectivity index (χ1) is 11.7. The van der Waals surface area contributed by atoms with E-state index in [-0.39, 0.29) is 11.4 Å². The molecule has 134 valence electrons. The topological polar surface area (TPSA) is 66.8 Å². The number of halogens is 3. The molecule has 0 unspecified atom stereocenters. The summed E-state index contributed by atoms with van der Waals surface area (Å²) in [6.45, 7) is -0.691. The Hall–Kier alpha value is -2.55. The molecule has 2 aromatic rings. The van der Waals surface area contributed by atoms with Crippen molar-refractivity contribution in [1.82, 2.24) is 4.90 Å². The van der Waals surface area contributed by atoms with Gasteiger partial charge in [0.25, 0.3) is 5.91 Å². The fraction of sp³-hybridized carbons (Fsp3) is 0.250. The molecular weight excluding hydrogens is 359 g/mol.